The summed E-state index contributed by atoms with van der Waals surface area (Å²) in [6.07, 6.45) is 1.80. The Balaban J connectivity index is 1.90. The third-order valence-corrected chi connectivity index (χ3v) is 4.33. The Morgan fingerprint density at radius 1 is 1.35 bits per heavy atom. The van der Waals surface area contributed by atoms with Crippen LogP contribution in [0.2, 0.25) is 10.0 Å². The molecule has 0 radical (unpaired) electrons. The molecule has 4 nitrogen and oxygen atoms in total. The zero-order valence-electron chi connectivity index (χ0n) is 13.9. The topological polar surface area (TPSA) is 41.6 Å². The number of hydrogen-bond acceptors (Lipinski definition) is 3. The minimum absolute atomic E-state index is 0.238. The number of ether oxygens (including phenoxy) is 1. The van der Waals surface area contributed by atoms with Gasteiger partial charge in [-0.3, -0.25) is 0 Å². The van der Waals surface area contributed by atoms with Crippen molar-refractivity contribution in [2.24, 2.45) is 5.92 Å². The van der Waals surface area contributed by atoms with Gasteiger partial charge in [0.1, 0.15) is 5.60 Å². The van der Waals surface area contributed by atoms with Crippen molar-refractivity contribution in [1.29, 1.82) is 0 Å². The SMILES string of the molecule is CC(C)(C)OC(=O)N1CCCC(CNc2c(Cl)cccc2Cl)C1. The van der Waals surface area contributed by atoms with E-state index in [0.29, 0.717) is 22.5 Å². The Hall–Kier alpha value is -1.13. The van der Waals surface area contributed by atoms with Crippen molar-refractivity contribution in [1.82, 2.24) is 4.90 Å². The lowest BCUT2D eigenvalue weighted by molar-refractivity contribution is 0.0172. The van der Waals surface area contributed by atoms with Crippen LogP contribution in [0.1, 0.15) is 33.6 Å². The zero-order valence-corrected chi connectivity index (χ0v) is 15.4. The number of nitrogens with one attached hydrogen (secondary N) is 1. The maximum atomic E-state index is 12.2. The van der Waals surface area contributed by atoms with Crippen molar-refractivity contribution in [2.75, 3.05) is 25.0 Å². The first-order valence-corrected chi connectivity index (χ1v) is 8.67. The number of benzene rings is 1. The van der Waals surface area contributed by atoms with E-state index in [1.54, 1.807) is 4.90 Å². The number of rotatable bonds is 3. The summed E-state index contributed by atoms with van der Waals surface area (Å²) in [6.45, 7) is 7.80. The molecule has 1 unspecified atom stereocenters. The molecule has 0 aliphatic carbocycles. The fourth-order valence-electron chi connectivity index (χ4n) is 2.64. The lowest BCUT2D eigenvalue weighted by Crippen LogP contribution is -2.44. The Bertz CT molecular complexity index is 538. The summed E-state index contributed by atoms with van der Waals surface area (Å²) in [5, 5.41) is 4.53. The van der Waals surface area contributed by atoms with Crippen LogP contribution in [-0.4, -0.2) is 36.2 Å². The second-order valence-corrected chi connectivity index (χ2v) is 7.73. The standard InChI is InChI=1S/C17H24Cl2N2O2/c1-17(2,3)23-16(22)21-9-5-6-12(11-21)10-20-15-13(18)7-4-8-14(15)19/h4,7-8,12,20H,5-6,9-11H2,1-3H3. The predicted molar refractivity (Wildman–Crippen MR) is 95.5 cm³/mol. The van der Waals surface area contributed by atoms with Crippen LogP contribution in [-0.2, 0) is 4.74 Å². The summed E-state index contributed by atoms with van der Waals surface area (Å²) in [6, 6.07) is 5.44. The summed E-state index contributed by atoms with van der Waals surface area (Å²) in [4.78, 5) is 14.0. The van der Waals surface area contributed by atoms with Crippen LogP contribution < -0.4 is 5.32 Å². The molecule has 1 aromatic rings. The van der Waals surface area contributed by atoms with E-state index in [9.17, 15) is 4.79 Å². The van der Waals surface area contributed by atoms with Gasteiger partial charge in [-0.05, 0) is 51.7 Å². The molecule has 1 aliphatic rings. The van der Waals surface area contributed by atoms with Crippen molar-refractivity contribution in [2.45, 2.75) is 39.2 Å². The molecule has 0 saturated carbocycles. The smallest absolute Gasteiger partial charge is 0.410 e. The van der Waals surface area contributed by atoms with Gasteiger partial charge in [0.25, 0.3) is 0 Å². The molecule has 0 spiro atoms. The monoisotopic (exact) mass is 358 g/mol. The van der Waals surface area contributed by atoms with Gasteiger partial charge in [0.2, 0.25) is 0 Å². The van der Waals surface area contributed by atoms with Crippen LogP contribution in [0.3, 0.4) is 0 Å². The van der Waals surface area contributed by atoms with Gasteiger partial charge in [0.15, 0.2) is 0 Å². The quantitative estimate of drug-likeness (QED) is 0.821. The molecule has 1 amide bonds. The van der Waals surface area contributed by atoms with E-state index in [1.165, 1.54) is 0 Å². The van der Waals surface area contributed by atoms with Crippen LogP contribution in [0.5, 0.6) is 0 Å². The molecule has 1 saturated heterocycles. The molecule has 1 atom stereocenters. The van der Waals surface area contributed by atoms with Gasteiger partial charge in [-0.15, -0.1) is 0 Å². The number of nitrogens with zero attached hydrogens (tertiary/aromatic N) is 1. The number of piperidine rings is 1. The van der Waals surface area contributed by atoms with Gasteiger partial charge in [-0.25, -0.2) is 4.79 Å². The number of halogens is 2. The lowest BCUT2D eigenvalue weighted by atomic mass is 9.98. The predicted octanol–water partition coefficient (Wildman–Crippen LogP) is 5.05. The molecule has 0 bridgehead atoms. The summed E-state index contributed by atoms with van der Waals surface area (Å²) in [5.41, 5.74) is 0.290. The highest BCUT2D eigenvalue weighted by molar-refractivity contribution is 6.39. The summed E-state index contributed by atoms with van der Waals surface area (Å²) >= 11 is 12.3. The Morgan fingerprint density at radius 3 is 2.61 bits per heavy atom. The maximum absolute atomic E-state index is 12.2. The third kappa shape index (κ3) is 5.47. The minimum Gasteiger partial charge on any atom is -0.444 e. The van der Waals surface area contributed by atoms with E-state index in [2.05, 4.69) is 5.32 Å². The first-order chi connectivity index (χ1) is 10.8. The van der Waals surface area contributed by atoms with Crippen LogP contribution in [0.15, 0.2) is 18.2 Å². The van der Waals surface area contributed by atoms with Gasteiger partial charge in [0.05, 0.1) is 15.7 Å². The van der Waals surface area contributed by atoms with E-state index < -0.39 is 5.60 Å². The van der Waals surface area contributed by atoms with Crippen LogP contribution in [0.4, 0.5) is 10.5 Å². The first kappa shape index (κ1) is 18.2. The number of anilines is 1. The molecular formula is C17H24Cl2N2O2. The van der Waals surface area contributed by atoms with Crippen molar-refractivity contribution < 1.29 is 9.53 Å². The van der Waals surface area contributed by atoms with E-state index in [-0.39, 0.29) is 6.09 Å². The highest BCUT2D eigenvalue weighted by Gasteiger charge is 2.27. The molecular weight excluding hydrogens is 335 g/mol. The summed E-state index contributed by atoms with van der Waals surface area (Å²) in [7, 11) is 0. The maximum Gasteiger partial charge on any atom is 0.410 e. The Labute approximate surface area is 148 Å². The van der Waals surface area contributed by atoms with Gasteiger partial charge in [-0.1, -0.05) is 29.3 Å². The third-order valence-electron chi connectivity index (χ3n) is 3.70. The van der Waals surface area contributed by atoms with Crippen LogP contribution in [0, 0.1) is 5.92 Å². The number of amides is 1. The highest BCUT2D eigenvalue weighted by atomic mass is 35.5. The fourth-order valence-corrected chi connectivity index (χ4v) is 3.17. The molecule has 23 heavy (non-hydrogen) atoms. The number of hydrogen-bond donors (Lipinski definition) is 1. The minimum atomic E-state index is -0.465. The van der Waals surface area contributed by atoms with Gasteiger partial charge >= 0.3 is 6.09 Å². The average molecular weight is 359 g/mol. The van der Waals surface area contributed by atoms with Crippen molar-refractivity contribution >= 4 is 35.0 Å². The fraction of sp³-hybridized carbons (Fsp3) is 0.588. The molecule has 1 N–H and O–H groups in total. The Morgan fingerprint density at radius 2 is 2.00 bits per heavy atom. The van der Waals surface area contributed by atoms with E-state index in [1.807, 2.05) is 39.0 Å². The molecule has 1 aliphatic heterocycles. The first-order valence-electron chi connectivity index (χ1n) is 7.92. The number of para-hydroxylation sites is 1. The number of carbonyl (C=O) groups is 1. The largest absolute Gasteiger partial charge is 0.444 e. The normalized spacial score (nSPS) is 18.7. The highest BCUT2D eigenvalue weighted by Crippen LogP contribution is 2.30. The molecule has 1 aromatic carbocycles. The Kier molecular flexibility index (Phi) is 6.04. The number of likely N-dealkylation sites (tertiary alicyclic amines) is 1. The van der Waals surface area contributed by atoms with Crippen molar-refractivity contribution in [3.8, 4) is 0 Å². The number of carbonyl (C=O) groups excluding carboxylic acids is 1. The van der Waals surface area contributed by atoms with Gasteiger partial charge < -0.3 is 15.0 Å². The van der Waals surface area contributed by atoms with E-state index in [0.717, 1.165) is 31.6 Å². The molecule has 2 rings (SSSR count). The van der Waals surface area contributed by atoms with Crippen molar-refractivity contribution in [3.05, 3.63) is 28.2 Å². The van der Waals surface area contributed by atoms with Gasteiger partial charge in [0, 0.05) is 19.6 Å². The molecule has 1 heterocycles. The summed E-state index contributed by atoms with van der Waals surface area (Å²) < 4.78 is 5.45. The van der Waals surface area contributed by atoms with E-state index >= 15 is 0 Å². The van der Waals surface area contributed by atoms with Crippen molar-refractivity contribution in [3.63, 3.8) is 0 Å². The molecule has 6 heteroatoms. The second-order valence-electron chi connectivity index (χ2n) is 6.91. The lowest BCUT2D eigenvalue weighted by Gasteiger charge is -2.34. The molecule has 1 fully saturated rings. The second kappa shape index (κ2) is 7.63. The van der Waals surface area contributed by atoms with Crippen LogP contribution >= 0.6 is 23.2 Å². The zero-order chi connectivity index (χ0) is 17.0. The molecule has 0 aromatic heterocycles. The van der Waals surface area contributed by atoms with Gasteiger partial charge in [-0.2, -0.15) is 0 Å². The van der Waals surface area contributed by atoms with E-state index in [4.69, 9.17) is 27.9 Å². The average Bonchev–Trinajstić information content (AvgIpc) is 2.45. The summed E-state index contributed by atoms with van der Waals surface area (Å²) in [5.74, 6) is 0.351. The molecule has 128 valence electrons. The van der Waals surface area contributed by atoms with Crippen LogP contribution in [0.25, 0.3) is 0 Å².